The molecular weight excluding hydrogens is 390 g/mol. The Morgan fingerprint density at radius 3 is 2.79 bits per heavy atom. The highest BCUT2D eigenvalue weighted by Gasteiger charge is 2.33. The fourth-order valence-corrected chi connectivity index (χ4v) is 5.46. The smallest absolute Gasteiger partial charge is 0.249 e. The first-order chi connectivity index (χ1) is 13.7. The summed E-state index contributed by atoms with van der Waals surface area (Å²) in [5.74, 6) is 0.0222. The summed E-state index contributed by atoms with van der Waals surface area (Å²) in [6.07, 6.45) is 6.86. The molecule has 1 aromatic carbocycles. The number of hydrogen-bond donors (Lipinski definition) is 0. The number of thiophene rings is 1. The largest absolute Gasteiger partial charge is 0.297 e. The Kier molecular flexibility index (Phi) is 4.49. The van der Waals surface area contributed by atoms with Crippen LogP contribution in [0.15, 0.2) is 53.8 Å². The normalized spacial score (nSPS) is 15.8. The van der Waals surface area contributed by atoms with E-state index in [2.05, 4.69) is 4.98 Å². The first kappa shape index (κ1) is 17.6. The van der Waals surface area contributed by atoms with Crippen LogP contribution < -0.4 is 4.90 Å². The maximum absolute atomic E-state index is 13.0. The molecule has 0 saturated heterocycles. The molecule has 0 spiro atoms. The molecule has 28 heavy (non-hydrogen) atoms. The van der Waals surface area contributed by atoms with Crippen LogP contribution in [-0.4, -0.2) is 23.1 Å². The lowest BCUT2D eigenvalue weighted by molar-refractivity contribution is -0.117. The van der Waals surface area contributed by atoms with Crippen LogP contribution in [0.1, 0.15) is 33.6 Å². The second kappa shape index (κ2) is 7.15. The first-order valence-electron chi connectivity index (χ1n) is 9.35. The Labute approximate surface area is 172 Å². The third-order valence-electron chi connectivity index (χ3n) is 5.24. The lowest BCUT2D eigenvalue weighted by Crippen LogP contribution is -2.31. The van der Waals surface area contributed by atoms with Crippen molar-refractivity contribution < 1.29 is 4.79 Å². The Bertz CT molecular complexity index is 1070. The molecule has 0 N–H and O–H groups in total. The van der Waals surface area contributed by atoms with Crippen LogP contribution in [0.2, 0.25) is 5.02 Å². The van der Waals surface area contributed by atoms with Crippen molar-refractivity contribution in [2.45, 2.75) is 25.8 Å². The minimum absolute atomic E-state index is 0.0222. The molecule has 0 atom stereocenters. The van der Waals surface area contributed by atoms with Crippen molar-refractivity contribution in [2.75, 3.05) is 11.4 Å². The topological polar surface area (TPSA) is 45.6 Å². The number of pyridine rings is 1. The molecule has 0 saturated carbocycles. The fourth-order valence-electron chi connectivity index (χ4n) is 3.93. The predicted molar refractivity (Wildman–Crippen MR) is 114 cm³/mol. The summed E-state index contributed by atoms with van der Waals surface area (Å²) >= 11 is 7.83. The molecule has 5 rings (SSSR count). The van der Waals surface area contributed by atoms with E-state index in [0.29, 0.717) is 11.6 Å². The lowest BCUT2D eigenvalue weighted by atomic mass is 9.99. The SMILES string of the molecule is O=C1CN=C(c2ccc(Cl)cc2)c2c(sc3c2CCC3)N1Cc1cccnc1. The molecule has 0 bridgehead atoms. The zero-order chi connectivity index (χ0) is 19.1. The number of carbonyl (C=O) groups is 1. The second-order valence-electron chi connectivity index (χ2n) is 7.05. The lowest BCUT2D eigenvalue weighted by Gasteiger charge is -2.21. The molecule has 0 radical (unpaired) electrons. The third kappa shape index (κ3) is 3.05. The van der Waals surface area contributed by atoms with Crippen molar-refractivity contribution in [1.82, 2.24) is 4.98 Å². The first-order valence-corrected chi connectivity index (χ1v) is 10.5. The summed E-state index contributed by atoms with van der Waals surface area (Å²) < 4.78 is 0. The van der Waals surface area contributed by atoms with Crippen LogP contribution in [-0.2, 0) is 24.2 Å². The summed E-state index contributed by atoms with van der Waals surface area (Å²) in [5, 5.41) is 1.72. The van der Waals surface area contributed by atoms with Gasteiger partial charge in [0.05, 0.1) is 12.3 Å². The zero-order valence-electron chi connectivity index (χ0n) is 15.2. The van der Waals surface area contributed by atoms with Gasteiger partial charge in [0.1, 0.15) is 11.5 Å². The fraction of sp³-hybridized carbons (Fsp3) is 0.227. The Hall–Kier alpha value is -2.50. The molecule has 0 unspecified atom stereocenters. The van der Waals surface area contributed by atoms with Crippen molar-refractivity contribution in [3.8, 4) is 0 Å². The van der Waals surface area contributed by atoms with Crippen LogP contribution in [0.4, 0.5) is 5.00 Å². The number of anilines is 1. The highest BCUT2D eigenvalue weighted by molar-refractivity contribution is 7.17. The molecule has 1 aliphatic carbocycles. The van der Waals surface area contributed by atoms with Crippen molar-refractivity contribution in [3.05, 3.63) is 80.9 Å². The van der Waals surface area contributed by atoms with E-state index in [9.17, 15) is 4.79 Å². The summed E-state index contributed by atoms with van der Waals surface area (Å²) in [4.78, 5) is 25.3. The molecule has 1 amide bonds. The minimum Gasteiger partial charge on any atom is -0.297 e. The van der Waals surface area contributed by atoms with E-state index in [1.165, 1.54) is 16.9 Å². The number of halogens is 1. The van der Waals surface area contributed by atoms with Gasteiger partial charge in [0.15, 0.2) is 0 Å². The van der Waals surface area contributed by atoms with Gasteiger partial charge in [0.2, 0.25) is 5.91 Å². The quantitative estimate of drug-likeness (QED) is 0.633. The van der Waals surface area contributed by atoms with Gasteiger partial charge >= 0.3 is 0 Å². The maximum atomic E-state index is 13.0. The number of carbonyl (C=O) groups excluding carboxylic acids is 1. The summed E-state index contributed by atoms with van der Waals surface area (Å²) in [5.41, 5.74) is 5.43. The molecular formula is C22H18ClN3OS. The summed E-state index contributed by atoms with van der Waals surface area (Å²) in [6, 6.07) is 11.7. The number of fused-ring (bicyclic) bond motifs is 3. The van der Waals surface area contributed by atoms with Gasteiger partial charge in [-0.3, -0.25) is 19.7 Å². The number of nitrogens with zero attached hydrogens (tertiary/aromatic N) is 3. The van der Waals surface area contributed by atoms with E-state index in [-0.39, 0.29) is 12.5 Å². The van der Waals surface area contributed by atoms with E-state index in [4.69, 9.17) is 16.6 Å². The minimum atomic E-state index is 0.0222. The zero-order valence-corrected chi connectivity index (χ0v) is 16.8. The number of aromatic nitrogens is 1. The van der Waals surface area contributed by atoms with E-state index < -0.39 is 0 Å². The van der Waals surface area contributed by atoms with E-state index in [1.807, 2.05) is 47.5 Å². The van der Waals surface area contributed by atoms with Crippen molar-refractivity contribution in [2.24, 2.45) is 4.99 Å². The molecule has 6 heteroatoms. The summed E-state index contributed by atoms with van der Waals surface area (Å²) in [6.45, 7) is 0.664. The number of hydrogen-bond acceptors (Lipinski definition) is 4. The van der Waals surface area contributed by atoms with Crippen molar-refractivity contribution in [3.63, 3.8) is 0 Å². The maximum Gasteiger partial charge on any atom is 0.249 e. The molecule has 4 nitrogen and oxygen atoms in total. The third-order valence-corrected chi connectivity index (χ3v) is 6.81. The Balaban J connectivity index is 1.64. The van der Waals surface area contributed by atoms with Gasteiger partial charge < -0.3 is 0 Å². The van der Waals surface area contributed by atoms with Gasteiger partial charge in [0, 0.05) is 33.4 Å². The number of aliphatic imine (C=N–C) groups is 1. The Morgan fingerprint density at radius 1 is 1.14 bits per heavy atom. The molecule has 140 valence electrons. The van der Waals surface area contributed by atoms with Crippen LogP contribution >= 0.6 is 22.9 Å². The van der Waals surface area contributed by atoms with Gasteiger partial charge in [-0.05, 0) is 48.6 Å². The highest BCUT2D eigenvalue weighted by atomic mass is 35.5. The van der Waals surface area contributed by atoms with Gasteiger partial charge in [-0.2, -0.15) is 0 Å². The molecule has 0 fully saturated rings. The highest BCUT2D eigenvalue weighted by Crippen LogP contribution is 2.43. The summed E-state index contributed by atoms with van der Waals surface area (Å²) in [7, 11) is 0. The molecule has 2 aromatic heterocycles. The van der Waals surface area contributed by atoms with Crippen LogP contribution in [0.3, 0.4) is 0 Å². The molecule has 2 aliphatic rings. The van der Waals surface area contributed by atoms with Crippen LogP contribution in [0.25, 0.3) is 0 Å². The van der Waals surface area contributed by atoms with E-state index >= 15 is 0 Å². The molecule has 1 aliphatic heterocycles. The number of aryl methyl sites for hydroxylation is 1. The number of rotatable bonds is 3. The molecule has 3 aromatic rings. The van der Waals surface area contributed by atoms with E-state index in [1.54, 1.807) is 17.5 Å². The van der Waals surface area contributed by atoms with Gasteiger partial charge in [-0.1, -0.05) is 29.8 Å². The standard InChI is InChI=1S/C22H18ClN3OS/c23-16-8-6-15(7-9-16)21-20-17-4-1-5-18(17)28-22(20)26(19(27)12-25-21)13-14-3-2-10-24-11-14/h2-3,6-11H,1,4-5,12-13H2. The van der Waals surface area contributed by atoms with Gasteiger partial charge in [-0.25, -0.2) is 0 Å². The monoisotopic (exact) mass is 407 g/mol. The van der Waals surface area contributed by atoms with Crippen LogP contribution in [0, 0.1) is 0 Å². The number of amides is 1. The van der Waals surface area contributed by atoms with Gasteiger partial charge in [-0.15, -0.1) is 11.3 Å². The predicted octanol–water partition coefficient (Wildman–Crippen LogP) is 4.67. The van der Waals surface area contributed by atoms with Crippen molar-refractivity contribution in [1.29, 1.82) is 0 Å². The van der Waals surface area contributed by atoms with E-state index in [0.717, 1.165) is 40.2 Å². The van der Waals surface area contributed by atoms with Crippen molar-refractivity contribution >= 4 is 39.6 Å². The van der Waals surface area contributed by atoms with Gasteiger partial charge in [0.25, 0.3) is 0 Å². The average Bonchev–Trinajstić information content (AvgIpc) is 3.27. The second-order valence-corrected chi connectivity index (χ2v) is 8.57. The number of benzene rings is 1. The Morgan fingerprint density at radius 2 is 2.00 bits per heavy atom. The molecule has 3 heterocycles. The van der Waals surface area contributed by atoms with Crippen LogP contribution in [0.5, 0.6) is 0 Å². The average molecular weight is 408 g/mol.